The van der Waals surface area contributed by atoms with Crippen molar-refractivity contribution in [3.8, 4) is 11.5 Å². The van der Waals surface area contributed by atoms with Crippen LogP contribution in [0.5, 0.6) is 11.5 Å². The molecule has 0 bridgehead atoms. The molecule has 0 aliphatic heterocycles. The number of phenols is 2. The van der Waals surface area contributed by atoms with Gasteiger partial charge in [-0.25, -0.2) is 4.79 Å². The highest BCUT2D eigenvalue weighted by molar-refractivity contribution is 5.88. The van der Waals surface area contributed by atoms with Gasteiger partial charge in [-0.3, -0.25) is 0 Å². The SMILES string of the molecule is Cc1cc(=O)oc2ccc(O)c(O)c12. The number of fused-ring (bicyclic) bond motifs is 1. The molecule has 0 saturated heterocycles. The lowest BCUT2D eigenvalue weighted by Gasteiger charge is -2.03. The van der Waals surface area contributed by atoms with Gasteiger partial charge in [0.2, 0.25) is 0 Å². The summed E-state index contributed by atoms with van der Waals surface area (Å²) in [6, 6.07) is 3.99. The number of aryl methyl sites for hydroxylation is 1. The molecule has 0 spiro atoms. The van der Waals surface area contributed by atoms with Gasteiger partial charge in [0.1, 0.15) is 5.58 Å². The molecule has 4 heteroatoms. The second-order valence-corrected chi connectivity index (χ2v) is 3.05. The van der Waals surface area contributed by atoms with Crippen LogP contribution in [0.3, 0.4) is 0 Å². The van der Waals surface area contributed by atoms with Gasteiger partial charge < -0.3 is 14.6 Å². The monoisotopic (exact) mass is 192 g/mol. The third kappa shape index (κ3) is 1.12. The van der Waals surface area contributed by atoms with E-state index in [1.165, 1.54) is 18.2 Å². The minimum absolute atomic E-state index is 0.227. The van der Waals surface area contributed by atoms with E-state index in [-0.39, 0.29) is 17.1 Å². The van der Waals surface area contributed by atoms with Crippen LogP contribution in [0.1, 0.15) is 5.56 Å². The Kier molecular flexibility index (Phi) is 1.70. The number of aromatic hydroxyl groups is 2. The number of rotatable bonds is 0. The van der Waals surface area contributed by atoms with Gasteiger partial charge in [0.25, 0.3) is 0 Å². The van der Waals surface area contributed by atoms with E-state index in [2.05, 4.69) is 0 Å². The molecular weight excluding hydrogens is 184 g/mol. The van der Waals surface area contributed by atoms with Crippen molar-refractivity contribution in [1.29, 1.82) is 0 Å². The molecule has 14 heavy (non-hydrogen) atoms. The molecule has 0 atom stereocenters. The molecule has 2 rings (SSSR count). The third-order valence-electron chi connectivity index (χ3n) is 2.06. The molecule has 0 aliphatic carbocycles. The average Bonchev–Trinajstić information content (AvgIpc) is 2.10. The highest BCUT2D eigenvalue weighted by atomic mass is 16.4. The van der Waals surface area contributed by atoms with Gasteiger partial charge in [-0.2, -0.15) is 0 Å². The van der Waals surface area contributed by atoms with Crippen molar-refractivity contribution in [3.05, 3.63) is 34.2 Å². The van der Waals surface area contributed by atoms with Crippen molar-refractivity contribution < 1.29 is 14.6 Å². The summed E-state index contributed by atoms with van der Waals surface area (Å²) >= 11 is 0. The zero-order valence-electron chi connectivity index (χ0n) is 7.44. The molecule has 0 fully saturated rings. The van der Waals surface area contributed by atoms with E-state index in [0.29, 0.717) is 10.9 Å². The van der Waals surface area contributed by atoms with E-state index < -0.39 is 5.63 Å². The first-order valence-corrected chi connectivity index (χ1v) is 4.05. The predicted molar refractivity (Wildman–Crippen MR) is 50.6 cm³/mol. The van der Waals surface area contributed by atoms with Crippen molar-refractivity contribution >= 4 is 11.0 Å². The van der Waals surface area contributed by atoms with E-state index in [4.69, 9.17) is 4.42 Å². The summed E-state index contributed by atoms with van der Waals surface area (Å²) < 4.78 is 4.85. The summed E-state index contributed by atoms with van der Waals surface area (Å²) in [6.07, 6.45) is 0. The molecule has 0 saturated carbocycles. The summed E-state index contributed by atoms with van der Waals surface area (Å²) in [4.78, 5) is 11.0. The Labute approximate surface area is 79.0 Å². The van der Waals surface area contributed by atoms with Gasteiger partial charge in [-0.05, 0) is 24.6 Å². The average molecular weight is 192 g/mol. The van der Waals surface area contributed by atoms with Crippen LogP contribution in [0.15, 0.2) is 27.4 Å². The van der Waals surface area contributed by atoms with Crippen molar-refractivity contribution in [3.63, 3.8) is 0 Å². The summed E-state index contributed by atoms with van der Waals surface area (Å²) in [5.41, 5.74) is 0.370. The summed E-state index contributed by atoms with van der Waals surface area (Å²) in [5.74, 6) is -0.488. The molecule has 2 aromatic rings. The Bertz CT molecular complexity index is 554. The maximum absolute atomic E-state index is 11.0. The Hall–Kier alpha value is -1.97. The molecule has 1 heterocycles. The molecule has 0 aliphatic rings. The smallest absolute Gasteiger partial charge is 0.336 e. The molecule has 0 unspecified atom stereocenters. The second-order valence-electron chi connectivity index (χ2n) is 3.05. The topological polar surface area (TPSA) is 70.7 Å². The molecule has 0 amide bonds. The van der Waals surface area contributed by atoms with Crippen molar-refractivity contribution in [2.45, 2.75) is 6.92 Å². The van der Waals surface area contributed by atoms with Crippen LogP contribution < -0.4 is 5.63 Å². The Morgan fingerprint density at radius 2 is 2.00 bits per heavy atom. The van der Waals surface area contributed by atoms with Crippen molar-refractivity contribution in [2.24, 2.45) is 0 Å². The quantitative estimate of drug-likeness (QED) is 0.490. The van der Waals surface area contributed by atoms with Crippen LogP contribution in [0.4, 0.5) is 0 Å². The molecule has 1 aromatic carbocycles. The van der Waals surface area contributed by atoms with Gasteiger partial charge in [-0.15, -0.1) is 0 Å². The standard InChI is InChI=1S/C10H8O4/c1-5-4-8(12)14-7-3-2-6(11)10(13)9(5)7/h2-4,11,13H,1H3. The molecule has 1 aromatic heterocycles. The summed E-state index contributed by atoms with van der Waals surface area (Å²) in [6.45, 7) is 1.67. The lowest BCUT2D eigenvalue weighted by atomic mass is 10.1. The fourth-order valence-electron chi connectivity index (χ4n) is 1.41. The second kappa shape index (κ2) is 2.77. The third-order valence-corrected chi connectivity index (χ3v) is 2.06. The summed E-state index contributed by atoms with van der Waals surface area (Å²) in [7, 11) is 0. The first-order valence-electron chi connectivity index (χ1n) is 4.05. The van der Waals surface area contributed by atoms with Gasteiger partial charge in [-0.1, -0.05) is 0 Å². The molecular formula is C10H8O4. The maximum Gasteiger partial charge on any atom is 0.336 e. The van der Waals surface area contributed by atoms with Crippen molar-refractivity contribution in [2.75, 3.05) is 0 Å². The highest BCUT2D eigenvalue weighted by Crippen LogP contribution is 2.34. The largest absolute Gasteiger partial charge is 0.504 e. The first kappa shape index (κ1) is 8.62. The maximum atomic E-state index is 11.0. The van der Waals surface area contributed by atoms with E-state index in [1.54, 1.807) is 6.92 Å². The number of hydrogen-bond acceptors (Lipinski definition) is 4. The lowest BCUT2D eigenvalue weighted by molar-refractivity contribution is 0.406. The Morgan fingerprint density at radius 3 is 2.71 bits per heavy atom. The van der Waals surface area contributed by atoms with Crippen LogP contribution in [0.2, 0.25) is 0 Å². The van der Waals surface area contributed by atoms with Crippen LogP contribution in [-0.4, -0.2) is 10.2 Å². The molecule has 72 valence electrons. The number of benzene rings is 1. The van der Waals surface area contributed by atoms with Crippen LogP contribution in [0, 0.1) is 6.92 Å². The normalized spacial score (nSPS) is 10.6. The molecule has 0 radical (unpaired) electrons. The zero-order chi connectivity index (χ0) is 10.3. The lowest BCUT2D eigenvalue weighted by Crippen LogP contribution is -1.97. The molecule has 4 nitrogen and oxygen atoms in total. The minimum atomic E-state index is -0.472. The molecule has 2 N–H and O–H groups in total. The fraction of sp³-hybridized carbons (Fsp3) is 0.100. The zero-order valence-corrected chi connectivity index (χ0v) is 7.44. The van der Waals surface area contributed by atoms with Crippen LogP contribution >= 0.6 is 0 Å². The van der Waals surface area contributed by atoms with E-state index >= 15 is 0 Å². The van der Waals surface area contributed by atoms with Gasteiger partial charge in [0.15, 0.2) is 11.5 Å². The number of phenolic OH excluding ortho intramolecular Hbond substituents is 2. The fourth-order valence-corrected chi connectivity index (χ4v) is 1.41. The van der Waals surface area contributed by atoms with E-state index in [0.717, 1.165) is 0 Å². The summed E-state index contributed by atoms with van der Waals surface area (Å²) in [5, 5.41) is 19.1. The van der Waals surface area contributed by atoms with E-state index in [9.17, 15) is 15.0 Å². The Morgan fingerprint density at radius 1 is 1.29 bits per heavy atom. The Balaban J connectivity index is 3.03. The van der Waals surface area contributed by atoms with Crippen molar-refractivity contribution in [1.82, 2.24) is 0 Å². The highest BCUT2D eigenvalue weighted by Gasteiger charge is 2.10. The van der Waals surface area contributed by atoms with E-state index in [1.807, 2.05) is 0 Å². The van der Waals surface area contributed by atoms with Crippen LogP contribution in [0.25, 0.3) is 11.0 Å². The minimum Gasteiger partial charge on any atom is -0.504 e. The van der Waals surface area contributed by atoms with Crippen LogP contribution in [-0.2, 0) is 0 Å². The van der Waals surface area contributed by atoms with Gasteiger partial charge in [0, 0.05) is 6.07 Å². The number of hydrogen-bond donors (Lipinski definition) is 2. The first-order chi connectivity index (χ1) is 6.59. The predicted octanol–water partition coefficient (Wildman–Crippen LogP) is 1.51. The van der Waals surface area contributed by atoms with Gasteiger partial charge in [0.05, 0.1) is 5.39 Å². The van der Waals surface area contributed by atoms with Gasteiger partial charge >= 0.3 is 5.63 Å².